The lowest BCUT2D eigenvalue weighted by Crippen LogP contribution is -2.47. The van der Waals surface area contributed by atoms with Crippen LogP contribution in [0.15, 0.2) is 24.3 Å². The van der Waals surface area contributed by atoms with Gasteiger partial charge in [-0.2, -0.15) is 0 Å². The van der Waals surface area contributed by atoms with Crippen LogP contribution in [-0.4, -0.2) is 49.9 Å². The quantitative estimate of drug-likeness (QED) is 0.853. The van der Waals surface area contributed by atoms with Crippen LogP contribution in [0.4, 0.5) is 0 Å². The maximum absolute atomic E-state index is 5.81. The van der Waals surface area contributed by atoms with Crippen LogP contribution in [0.1, 0.15) is 19.4 Å². The van der Waals surface area contributed by atoms with Crippen LogP contribution in [0.3, 0.4) is 0 Å². The minimum atomic E-state index is 0.137. The Balaban J connectivity index is 1.82. The molecular formula is C17H24N2O2. The maximum Gasteiger partial charge on any atom is 0.119 e. The van der Waals surface area contributed by atoms with E-state index in [0.717, 1.165) is 31.0 Å². The lowest BCUT2D eigenvalue weighted by molar-refractivity contribution is -0.0564. The average Bonchev–Trinajstić information content (AvgIpc) is 2.52. The van der Waals surface area contributed by atoms with Gasteiger partial charge in [-0.25, -0.2) is 0 Å². The Bertz CT molecular complexity index is 488. The smallest absolute Gasteiger partial charge is 0.119 e. The first-order valence-electron chi connectivity index (χ1n) is 7.46. The van der Waals surface area contributed by atoms with Gasteiger partial charge < -0.3 is 15.2 Å². The Morgan fingerprint density at radius 3 is 2.81 bits per heavy atom. The summed E-state index contributed by atoms with van der Waals surface area (Å²) in [5, 5.41) is 0. The third-order valence-electron chi connectivity index (χ3n) is 3.53. The minimum Gasteiger partial charge on any atom is -0.491 e. The molecule has 1 aromatic carbocycles. The van der Waals surface area contributed by atoms with Gasteiger partial charge in [-0.15, -0.1) is 0 Å². The van der Waals surface area contributed by atoms with Gasteiger partial charge in [0.15, 0.2) is 0 Å². The van der Waals surface area contributed by atoms with Gasteiger partial charge >= 0.3 is 0 Å². The number of nitrogens with two attached hydrogens (primary N) is 1. The zero-order valence-electron chi connectivity index (χ0n) is 12.8. The first-order valence-corrected chi connectivity index (χ1v) is 7.46. The SMILES string of the molecule is CC(C)N1CCOC(COc2ccc(C#CCN)cc2)C1. The van der Waals surface area contributed by atoms with Crippen molar-refractivity contribution in [3.63, 3.8) is 0 Å². The van der Waals surface area contributed by atoms with Gasteiger partial charge in [0.2, 0.25) is 0 Å². The van der Waals surface area contributed by atoms with E-state index in [9.17, 15) is 0 Å². The highest BCUT2D eigenvalue weighted by atomic mass is 16.5. The lowest BCUT2D eigenvalue weighted by Gasteiger charge is -2.35. The van der Waals surface area contributed by atoms with Crippen molar-refractivity contribution in [1.29, 1.82) is 0 Å². The summed E-state index contributed by atoms with van der Waals surface area (Å²) in [5.41, 5.74) is 6.30. The van der Waals surface area contributed by atoms with E-state index in [2.05, 4.69) is 30.6 Å². The highest BCUT2D eigenvalue weighted by Crippen LogP contribution is 2.14. The molecule has 4 nitrogen and oxygen atoms in total. The summed E-state index contributed by atoms with van der Waals surface area (Å²) in [5.74, 6) is 6.67. The molecule has 4 heteroatoms. The van der Waals surface area contributed by atoms with E-state index in [-0.39, 0.29) is 6.10 Å². The van der Waals surface area contributed by atoms with Crippen LogP contribution in [0.2, 0.25) is 0 Å². The standard InChI is InChI=1S/C17H24N2O2/c1-14(2)19-10-11-20-17(12-19)13-21-16-7-5-15(6-8-16)4-3-9-18/h5-8,14,17H,9-13,18H2,1-2H3. The fraction of sp³-hybridized carbons (Fsp3) is 0.529. The van der Waals surface area contributed by atoms with Crippen molar-refractivity contribution >= 4 is 0 Å². The molecule has 0 saturated carbocycles. The van der Waals surface area contributed by atoms with Gasteiger partial charge in [-0.3, -0.25) is 4.90 Å². The molecule has 1 saturated heterocycles. The van der Waals surface area contributed by atoms with Crippen molar-refractivity contribution in [2.45, 2.75) is 26.0 Å². The van der Waals surface area contributed by atoms with Gasteiger partial charge in [0, 0.05) is 24.7 Å². The lowest BCUT2D eigenvalue weighted by atomic mass is 10.2. The molecule has 0 spiro atoms. The van der Waals surface area contributed by atoms with Crippen molar-refractivity contribution < 1.29 is 9.47 Å². The summed E-state index contributed by atoms with van der Waals surface area (Å²) < 4.78 is 11.6. The summed E-state index contributed by atoms with van der Waals surface area (Å²) in [7, 11) is 0. The molecule has 0 radical (unpaired) electrons. The largest absolute Gasteiger partial charge is 0.491 e. The molecule has 1 aromatic rings. The van der Waals surface area contributed by atoms with E-state index in [0.29, 0.717) is 19.2 Å². The molecule has 114 valence electrons. The minimum absolute atomic E-state index is 0.137. The van der Waals surface area contributed by atoms with Gasteiger partial charge in [-0.1, -0.05) is 11.8 Å². The third-order valence-corrected chi connectivity index (χ3v) is 3.53. The molecule has 1 atom stereocenters. The van der Waals surface area contributed by atoms with E-state index >= 15 is 0 Å². The predicted octanol–water partition coefficient (Wildman–Crippen LogP) is 1.48. The molecule has 1 aliphatic heterocycles. The van der Waals surface area contributed by atoms with Crippen LogP contribution < -0.4 is 10.5 Å². The van der Waals surface area contributed by atoms with E-state index in [1.54, 1.807) is 0 Å². The zero-order chi connectivity index (χ0) is 15.1. The maximum atomic E-state index is 5.81. The zero-order valence-corrected chi connectivity index (χ0v) is 12.8. The highest BCUT2D eigenvalue weighted by Gasteiger charge is 2.22. The second-order valence-corrected chi connectivity index (χ2v) is 5.42. The third kappa shape index (κ3) is 5.05. The fourth-order valence-corrected chi connectivity index (χ4v) is 2.29. The fourth-order valence-electron chi connectivity index (χ4n) is 2.29. The van der Waals surface area contributed by atoms with Crippen LogP contribution in [0, 0.1) is 11.8 Å². The summed E-state index contributed by atoms with van der Waals surface area (Å²) >= 11 is 0. The molecule has 21 heavy (non-hydrogen) atoms. The number of ether oxygens (including phenoxy) is 2. The first kappa shape index (κ1) is 15.8. The van der Waals surface area contributed by atoms with E-state index < -0.39 is 0 Å². The molecule has 0 aliphatic carbocycles. The molecule has 0 aromatic heterocycles. The molecule has 1 heterocycles. The second kappa shape index (κ2) is 8.04. The summed E-state index contributed by atoms with van der Waals surface area (Å²) in [6.45, 7) is 8.09. The molecule has 2 rings (SSSR count). The number of nitrogens with zero attached hydrogens (tertiary/aromatic N) is 1. The van der Waals surface area contributed by atoms with Crippen LogP contribution in [0.5, 0.6) is 5.75 Å². The Morgan fingerprint density at radius 2 is 2.14 bits per heavy atom. The first-order chi connectivity index (χ1) is 10.2. The molecule has 0 bridgehead atoms. The molecule has 1 fully saturated rings. The van der Waals surface area contributed by atoms with Gasteiger partial charge in [0.05, 0.1) is 13.2 Å². The highest BCUT2D eigenvalue weighted by molar-refractivity contribution is 5.38. The van der Waals surface area contributed by atoms with Crippen LogP contribution in [0.25, 0.3) is 0 Å². The number of morpholine rings is 1. The van der Waals surface area contributed by atoms with E-state index in [4.69, 9.17) is 15.2 Å². The topological polar surface area (TPSA) is 47.7 Å². The Hall–Kier alpha value is -1.54. The Labute approximate surface area is 127 Å². The van der Waals surface area contributed by atoms with Crippen molar-refractivity contribution in [3.05, 3.63) is 29.8 Å². The monoisotopic (exact) mass is 288 g/mol. The second-order valence-electron chi connectivity index (χ2n) is 5.42. The number of hydrogen-bond donors (Lipinski definition) is 1. The van der Waals surface area contributed by atoms with Gasteiger partial charge in [-0.05, 0) is 38.1 Å². The molecule has 1 aliphatic rings. The van der Waals surface area contributed by atoms with Crippen LogP contribution in [-0.2, 0) is 4.74 Å². The van der Waals surface area contributed by atoms with E-state index in [1.165, 1.54) is 0 Å². The average molecular weight is 288 g/mol. The summed E-state index contributed by atoms with van der Waals surface area (Å²) in [4.78, 5) is 2.42. The molecule has 2 N–H and O–H groups in total. The Morgan fingerprint density at radius 1 is 1.38 bits per heavy atom. The number of hydrogen-bond acceptors (Lipinski definition) is 4. The van der Waals surface area contributed by atoms with Crippen molar-refractivity contribution in [2.75, 3.05) is 32.8 Å². The van der Waals surface area contributed by atoms with Crippen molar-refractivity contribution in [2.24, 2.45) is 5.73 Å². The normalized spacial score (nSPS) is 19.1. The summed E-state index contributed by atoms with van der Waals surface area (Å²) in [6.07, 6.45) is 0.137. The number of rotatable bonds is 4. The number of benzene rings is 1. The summed E-state index contributed by atoms with van der Waals surface area (Å²) in [6, 6.07) is 8.31. The predicted molar refractivity (Wildman–Crippen MR) is 84.3 cm³/mol. The van der Waals surface area contributed by atoms with E-state index in [1.807, 2.05) is 24.3 Å². The molecular weight excluding hydrogens is 264 g/mol. The van der Waals surface area contributed by atoms with Crippen molar-refractivity contribution in [3.8, 4) is 17.6 Å². The molecule has 0 amide bonds. The van der Waals surface area contributed by atoms with Crippen molar-refractivity contribution in [1.82, 2.24) is 4.90 Å². The molecule has 1 unspecified atom stereocenters. The Kier molecular flexibility index (Phi) is 6.06. The van der Waals surface area contributed by atoms with Crippen LogP contribution >= 0.6 is 0 Å². The van der Waals surface area contributed by atoms with Gasteiger partial charge in [0.25, 0.3) is 0 Å². The van der Waals surface area contributed by atoms with Gasteiger partial charge in [0.1, 0.15) is 18.5 Å².